The van der Waals surface area contributed by atoms with Gasteiger partial charge in [0.2, 0.25) is 0 Å². The van der Waals surface area contributed by atoms with Gasteiger partial charge in [0.1, 0.15) is 5.82 Å². The van der Waals surface area contributed by atoms with Crippen LogP contribution in [0.25, 0.3) is 0 Å². The van der Waals surface area contributed by atoms with Gasteiger partial charge in [-0.05, 0) is 30.2 Å². The predicted molar refractivity (Wildman–Crippen MR) is 103 cm³/mol. The lowest BCUT2D eigenvalue weighted by Crippen LogP contribution is -1.91. The molecule has 0 bridgehead atoms. The van der Waals surface area contributed by atoms with Crippen molar-refractivity contribution in [2.24, 2.45) is 0 Å². The van der Waals surface area contributed by atoms with Crippen molar-refractivity contribution in [1.82, 2.24) is 4.98 Å². The van der Waals surface area contributed by atoms with Gasteiger partial charge in [-0.1, -0.05) is 47.5 Å². The van der Waals surface area contributed by atoms with E-state index in [2.05, 4.69) is 41.6 Å². The minimum absolute atomic E-state index is 0.309. The first-order valence-electron chi connectivity index (χ1n) is 7.60. The second-order valence-corrected chi connectivity index (χ2v) is 7.96. The lowest BCUT2D eigenvalue weighted by atomic mass is 10.1. The topological polar surface area (TPSA) is 12.9 Å². The summed E-state index contributed by atoms with van der Waals surface area (Å²) in [7, 11) is 0. The highest BCUT2D eigenvalue weighted by Crippen LogP contribution is 2.24. The Bertz CT molecular complexity index is 832. The molecule has 0 aliphatic heterocycles. The van der Waals surface area contributed by atoms with Crippen LogP contribution in [0, 0.1) is 12.7 Å². The van der Waals surface area contributed by atoms with E-state index in [9.17, 15) is 4.39 Å². The van der Waals surface area contributed by atoms with Crippen LogP contribution in [0.2, 0.25) is 5.02 Å². The Kier molecular flexibility index (Phi) is 5.93. The molecule has 124 valence electrons. The molecular weight excluding hydrogens is 361 g/mol. The lowest BCUT2D eigenvalue weighted by molar-refractivity contribution is 0.627. The van der Waals surface area contributed by atoms with Gasteiger partial charge in [0.25, 0.3) is 0 Å². The SMILES string of the molecule is Cc1cccc(CSCc2csc(Cc3ccc(F)cc3Cl)n2)c1. The number of rotatable bonds is 6. The smallest absolute Gasteiger partial charge is 0.124 e. The average Bonchev–Trinajstić information content (AvgIpc) is 2.98. The molecule has 0 saturated heterocycles. The molecule has 1 nitrogen and oxygen atoms in total. The van der Waals surface area contributed by atoms with Crippen LogP contribution in [0.4, 0.5) is 4.39 Å². The summed E-state index contributed by atoms with van der Waals surface area (Å²) in [4.78, 5) is 4.66. The first-order valence-corrected chi connectivity index (χ1v) is 10.0. The van der Waals surface area contributed by atoms with Gasteiger partial charge in [0, 0.05) is 28.3 Å². The van der Waals surface area contributed by atoms with Crippen molar-refractivity contribution in [3.63, 3.8) is 0 Å². The number of nitrogens with zero attached hydrogens (tertiary/aromatic N) is 1. The van der Waals surface area contributed by atoms with Crippen molar-refractivity contribution in [2.45, 2.75) is 24.9 Å². The summed E-state index contributed by atoms with van der Waals surface area (Å²) >= 11 is 9.57. The van der Waals surface area contributed by atoms with Crippen LogP contribution < -0.4 is 0 Å². The Morgan fingerprint density at radius 1 is 1.17 bits per heavy atom. The molecule has 0 amide bonds. The third-order valence-corrected chi connectivity index (χ3v) is 5.84. The van der Waals surface area contributed by atoms with E-state index in [1.165, 1.54) is 23.3 Å². The minimum Gasteiger partial charge on any atom is -0.245 e. The molecule has 0 N–H and O–H groups in total. The summed E-state index contributed by atoms with van der Waals surface area (Å²) in [6.45, 7) is 2.11. The van der Waals surface area contributed by atoms with E-state index in [0.29, 0.717) is 11.4 Å². The zero-order valence-corrected chi connectivity index (χ0v) is 15.6. The van der Waals surface area contributed by atoms with E-state index < -0.39 is 0 Å². The Morgan fingerprint density at radius 3 is 2.83 bits per heavy atom. The van der Waals surface area contributed by atoms with Gasteiger partial charge in [-0.3, -0.25) is 0 Å². The van der Waals surface area contributed by atoms with Crippen molar-refractivity contribution in [3.8, 4) is 0 Å². The number of thioether (sulfide) groups is 1. The van der Waals surface area contributed by atoms with E-state index in [1.807, 2.05) is 11.8 Å². The lowest BCUT2D eigenvalue weighted by Gasteiger charge is -2.02. The number of aromatic nitrogens is 1. The first-order chi connectivity index (χ1) is 11.6. The van der Waals surface area contributed by atoms with Crippen LogP contribution in [0.15, 0.2) is 47.8 Å². The summed E-state index contributed by atoms with van der Waals surface area (Å²) in [6.07, 6.45) is 0.645. The maximum absolute atomic E-state index is 13.1. The van der Waals surface area contributed by atoms with Crippen LogP contribution in [-0.4, -0.2) is 4.98 Å². The Balaban J connectivity index is 1.55. The van der Waals surface area contributed by atoms with Crippen molar-refractivity contribution < 1.29 is 4.39 Å². The largest absolute Gasteiger partial charge is 0.245 e. The molecular formula is C19H17ClFNS2. The van der Waals surface area contributed by atoms with E-state index in [-0.39, 0.29) is 5.82 Å². The molecule has 0 unspecified atom stereocenters. The maximum Gasteiger partial charge on any atom is 0.124 e. The van der Waals surface area contributed by atoms with Gasteiger partial charge in [0.05, 0.1) is 10.7 Å². The summed E-state index contributed by atoms with van der Waals surface area (Å²) in [5, 5.41) is 3.56. The normalized spacial score (nSPS) is 11.0. The molecule has 24 heavy (non-hydrogen) atoms. The van der Waals surface area contributed by atoms with E-state index in [4.69, 9.17) is 11.6 Å². The molecule has 0 spiro atoms. The Hall–Kier alpha value is -1.36. The highest BCUT2D eigenvalue weighted by atomic mass is 35.5. The third-order valence-electron chi connectivity index (χ3n) is 3.56. The molecule has 0 saturated carbocycles. The molecule has 0 atom stereocenters. The molecule has 1 heterocycles. The average molecular weight is 378 g/mol. The van der Waals surface area contributed by atoms with Gasteiger partial charge in [-0.15, -0.1) is 11.3 Å². The molecule has 1 aromatic heterocycles. The molecule has 0 aliphatic rings. The van der Waals surface area contributed by atoms with Gasteiger partial charge >= 0.3 is 0 Å². The second-order valence-electron chi connectivity index (χ2n) is 5.63. The van der Waals surface area contributed by atoms with Crippen LogP contribution in [0.1, 0.15) is 27.4 Å². The second kappa shape index (κ2) is 8.15. The van der Waals surface area contributed by atoms with Crippen molar-refractivity contribution in [1.29, 1.82) is 0 Å². The number of hydrogen-bond donors (Lipinski definition) is 0. The number of halogens is 2. The molecule has 2 aromatic carbocycles. The fourth-order valence-corrected chi connectivity index (χ4v) is 4.43. The Labute approximate surface area is 154 Å². The van der Waals surface area contributed by atoms with E-state index >= 15 is 0 Å². The van der Waals surface area contributed by atoms with Crippen LogP contribution in [-0.2, 0) is 17.9 Å². The zero-order chi connectivity index (χ0) is 16.9. The zero-order valence-electron chi connectivity index (χ0n) is 13.3. The number of thiazole rings is 1. The predicted octanol–water partition coefficient (Wildman–Crippen LogP) is 6.27. The van der Waals surface area contributed by atoms with Crippen LogP contribution in [0.3, 0.4) is 0 Å². The van der Waals surface area contributed by atoms with Crippen molar-refractivity contribution in [2.75, 3.05) is 0 Å². The highest BCUT2D eigenvalue weighted by Gasteiger charge is 2.07. The first kappa shape index (κ1) is 17.5. The van der Waals surface area contributed by atoms with E-state index in [0.717, 1.165) is 27.8 Å². The number of benzene rings is 2. The van der Waals surface area contributed by atoms with Gasteiger partial charge in [-0.25, -0.2) is 9.37 Å². The molecule has 5 heteroatoms. The molecule has 3 aromatic rings. The quantitative estimate of drug-likeness (QED) is 0.502. The summed E-state index contributed by atoms with van der Waals surface area (Å²) < 4.78 is 13.1. The van der Waals surface area contributed by atoms with Gasteiger partial charge < -0.3 is 0 Å². The van der Waals surface area contributed by atoms with Crippen molar-refractivity contribution >= 4 is 34.7 Å². The van der Waals surface area contributed by atoms with E-state index in [1.54, 1.807) is 17.4 Å². The summed E-state index contributed by atoms with van der Waals surface area (Å²) in [5.41, 5.74) is 4.63. The third kappa shape index (κ3) is 4.82. The van der Waals surface area contributed by atoms with Crippen LogP contribution in [0.5, 0.6) is 0 Å². The summed E-state index contributed by atoms with van der Waals surface area (Å²) in [6, 6.07) is 13.1. The molecule has 3 rings (SSSR count). The molecule has 0 aliphatic carbocycles. The molecule has 0 radical (unpaired) electrons. The minimum atomic E-state index is -0.309. The van der Waals surface area contributed by atoms with Crippen LogP contribution >= 0.6 is 34.7 Å². The van der Waals surface area contributed by atoms with Crippen molar-refractivity contribution in [3.05, 3.63) is 86.1 Å². The fraction of sp³-hybridized carbons (Fsp3) is 0.211. The number of aryl methyl sites for hydroxylation is 1. The van der Waals surface area contributed by atoms with Gasteiger partial charge in [0.15, 0.2) is 0 Å². The summed E-state index contributed by atoms with van der Waals surface area (Å²) in [5.74, 6) is 1.57. The highest BCUT2D eigenvalue weighted by molar-refractivity contribution is 7.97. The standard InChI is InChI=1S/C19H17ClFNS2/c1-13-3-2-4-14(7-13)10-23-11-17-12-24-19(22-17)8-15-5-6-16(21)9-18(15)20/h2-7,9,12H,8,10-11H2,1H3. The molecule has 0 fully saturated rings. The van der Waals surface area contributed by atoms with Gasteiger partial charge in [-0.2, -0.15) is 11.8 Å². The maximum atomic E-state index is 13.1. The fourth-order valence-electron chi connectivity index (χ4n) is 2.40. The Morgan fingerprint density at radius 2 is 2.04 bits per heavy atom. The number of hydrogen-bond acceptors (Lipinski definition) is 3. The monoisotopic (exact) mass is 377 g/mol.